The summed E-state index contributed by atoms with van der Waals surface area (Å²) in [5, 5.41) is 5.67. The Morgan fingerprint density at radius 3 is 2.52 bits per heavy atom. The lowest BCUT2D eigenvalue weighted by molar-refractivity contribution is -0.123. The highest BCUT2D eigenvalue weighted by molar-refractivity contribution is 6.09. The summed E-state index contributed by atoms with van der Waals surface area (Å²) in [4.78, 5) is 44.4. The molecule has 2 aliphatic heterocycles. The Bertz CT molecular complexity index is 1840. The Morgan fingerprint density at radius 2 is 1.80 bits per heavy atom. The molecule has 11 heteroatoms. The molecule has 1 aliphatic carbocycles. The van der Waals surface area contributed by atoms with Crippen molar-refractivity contribution in [3.05, 3.63) is 59.9 Å². The van der Waals surface area contributed by atoms with E-state index < -0.39 is 17.1 Å². The van der Waals surface area contributed by atoms with Gasteiger partial charge in [-0.2, -0.15) is 0 Å². The van der Waals surface area contributed by atoms with E-state index in [9.17, 15) is 9.59 Å². The number of hydrogen-bond donors (Lipinski definition) is 2. The molecule has 1 saturated carbocycles. The molecule has 3 aliphatic rings. The molecule has 1 saturated heterocycles. The molecule has 2 amide bonds. The van der Waals surface area contributed by atoms with Crippen molar-refractivity contribution in [2.75, 3.05) is 30.4 Å². The summed E-state index contributed by atoms with van der Waals surface area (Å²) in [7, 11) is 1.50. The monoisotopic (exact) mass is 624 g/mol. The van der Waals surface area contributed by atoms with Crippen molar-refractivity contribution >= 4 is 40.0 Å². The maximum Gasteiger partial charge on any atom is 0.269 e. The lowest BCUT2D eigenvalue weighted by Gasteiger charge is -2.48. The standard InChI is InChI=1S/C35H41FN8O2/c1-20(2)43-19-39-28-16-26(40-32(31(28)43)41-27-17-29(33(45)37-5)38-18-25(27)36)21-9-10-24-30(13-21)44(34(46)35(24,3)4)23-14-22(15-23)42-11-7-6-8-12-42/h9-10,13,16-20,22-23H,6-8,11-12,14-15H2,1-5H3,(H,37,45)(H,38,40,41). The Balaban J connectivity index is 1.27. The number of piperidine rings is 1. The molecule has 5 heterocycles. The van der Waals surface area contributed by atoms with Gasteiger partial charge in [-0.1, -0.05) is 18.6 Å². The van der Waals surface area contributed by atoms with Gasteiger partial charge in [-0.25, -0.2) is 19.3 Å². The van der Waals surface area contributed by atoms with Gasteiger partial charge in [0.15, 0.2) is 11.6 Å². The van der Waals surface area contributed by atoms with E-state index in [2.05, 4.69) is 31.6 Å². The third-order valence-corrected chi connectivity index (χ3v) is 10.0. The molecule has 1 aromatic carbocycles. The number of imidazole rings is 1. The van der Waals surface area contributed by atoms with Gasteiger partial charge in [-0.15, -0.1) is 0 Å². The number of pyridine rings is 2. The second-order valence-electron chi connectivity index (χ2n) is 13.6. The Morgan fingerprint density at radius 1 is 1.04 bits per heavy atom. The van der Waals surface area contributed by atoms with Crippen molar-refractivity contribution in [1.29, 1.82) is 0 Å². The predicted octanol–water partition coefficient (Wildman–Crippen LogP) is 5.96. The van der Waals surface area contributed by atoms with E-state index in [4.69, 9.17) is 4.98 Å². The van der Waals surface area contributed by atoms with E-state index >= 15 is 4.39 Å². The number of nitrogens with one attached hydrogen (secondary N) is 2. The molecule has 240 valence electrons. The fourth-order valence-corrected chi connectivity index (χ4v) is 7.26. The summed E-state index contributed by atoms with van der Waals surface area (Å²) >= 11 is 0. The molecule has 0 atom stereocenters. The Kier molecular flexibility index (Phi) is 7.54. The second kappa shape index (κ2) is 11.5. The van der Waals surface area contributed by atoms with Crippen LogP contribution in [0.4, 0.5) is 21.6 Å². The molecule has 7 rings (SSSR count). The van der Waals surface area contributed by atoms with Crippen LogP contribution in [0.2, 0.25) is 0 Å². The minimum atomic E-state index is -0.619. The number of nitrogens with zero attached hydrogens (tertiary/aromatic N) is 6. The highest BCUT2D eigenvalue weighted by atomic mass is 19.1. The van der Waals surface area contributed by atoms with E-state index in [1.54, 1.807) is 6.33 Å². The van der Waals surface area contributed by atoms with Crippen molar-refractivity contribution in [3.63, 3.8) is 0 Å². The smallest absolute Gasteiger partial charge is 0.269 e. The van der Waals surface area contributed by atoms with Crippen LogP contribution >= 0.6 is 0 Å². The van der Waals surface area contributed by atoms with Gasteiger partial charge in [-0.3, -0.25) is 9.59 Å². The third-order valence-electron chi connectivity index (χ3n) is 10.0. The first kappa shape index (κ1) is 30.3. The van der Waals surface area contributed by atoms with Crippen molar-refractivity contribution in [3.8, 4) is 11.3 Å². The molecule has 3 aromatic heterocycles. The van der Waals surface area contributed by atoms with E-state index in [1.807, 2.05) is 55.4 Å². The minimum Gasteiger partial charge on any atom is -0.354 e. The maximum atomic E-state index is 15.0. The van der Waals surface area contributed by atoms with Crippen molar-refractivity contribution in [2.45, 2.75) is 83.3 Å². The van der Waals surface area contributed by atoms with Crippen LogP contribution in [0, 0.1) is 5.82 Å². The molecule has 4 aromatic rings. The zero-order chi connectivity index (χ0) is 32.3. The minimum absolute atomic E-state index is 0.0694. The fourth-order valence-electron chi connectivity index (χ4n) is 7.26. The van der Waals surface area contributed by atoms with Crippen molar-refractivity contribution < 1.29 is 14.0 Å². The van der Waals surface area contributed by atoms with E-state index in [0.29, 0.717) is 28.6 Å². The Hall–Kier alpha value is -4.38. The largest absolute Gasteiger partial charge is 0.354 e. The normalized spacial score (nSPS) is 21.0. The zero-order valence-electron chi connectivity index (χ0n) is 27.1. The molecule has 0 unspecified atom stereocenters. The van der Waals surface area contributed by atoms with Crippen molar-refractivity contribution in [2.24, 2.45) is 0 Å². The van der Waals surface area contributed by atoms with Gasteiger partial charge in [0, 0.05) is 36.4 Å². The summed E-state index contributed by atoms with van der Waals surface area (Å²) in [6.07, 6.45) is 8.60. The molecule has 0 bridgehead atoms. The van der Waals surface area contributed by atoms with Crippen LogP contribution in [0.25, 0.3) is 22.3 Å². The number of hydrogen-bond acceptors (Lipinski definition) is 7. The van der Waals surface area contributed by atoms with Gasteiger partial charge in [0.05, 0.1) is 34.8 Å². The molecule has 2 fully saturated rings. The first-order chi connectivity index (χ1) is 22.1. The number of anilines is 3. The topological polar surface area (TPSA) is 108 Å². The SMILES string of the molecule is CNC(=O)c1cc(Nc2nc(-c3ccc4c(c3)N(C3CC(N5CCCCC5)C3)C(=O)C4(C)C)cc3ncn(C(C)C)c23)c(F)cn1. The van der Waals surface area contributed by atoms with E-state index in [-0.39, 0.29) is 29.4 Å². The lowest BCUT2D eigenvalue weighted by atomic mass is 9.82. The third kappa shape index (κ3) is 5.01. The van der Waals surface area contributed by atoms with Gasteiger partial charge >= 0.3 is 0 Å². The average Bonchev–Trinajstić information content (AvgIpc) is 3.55. The molecule has 10 nitrogen and oxygen atoms in total. The number of aromatic nitrogens is 4. The number of fused-ring (bicyclic) bond motifs is 2. The summed E-state index contributed by atoms with van der Waals surface area (Å²) in [6.45, 7) is 10.4. The van der Waals surface area contributed by atoms with Gasteiger partial charge < -0.3 is 25.0 Å². The number of benzene rings is 1. The summed E-state index contributed by atoms with van der Waals surface area (Å²) in [6, 6.07) is 10.2. The summed E-state index contributed by atoms with van der Waals surface area (Å²) in [5.41, 5.74) is 4.40. The average molecular weight is 625 g/mol. The van der Waals surface area contributed by atoms with Crippen LogP contribution in [-0.4, -0.2) is 68.5 Å². The van der Waals surface area contributed by atoms with Gasteiger partial charge in [0.1, 0.15) is 11.2 Å². The van der Waals surface area contributed by atoms with Crippen LogP contribution in [0.1, 0.15) is 81.9 Å². The fraction of sp³-hybridized carbons (Fsp3) is 0.457. The lowest BCUT2D eigenvalue weighted by Crippen LogP contribution is -2.57. The number of carbonyl (C=O) groups is 2. The second-order valence-corrected chi connectivity index (χ2v) is 13.6. The Labute approximate surface area is 268 Å². The quantitative estimate of drug-likeness (QED) is 0.261. The van der Waals surface area contributed by atoms with Crippen LogP contribution < -0.4 is 15.5 Å². The van der Waals surface area contributed by atoms with Gasteiger partial charge in [0.25, 0.3) is 5.91 Å². The number of rotatable bonds is 7. The first-order valence-electron chi connectivity index (χ1n) is 16.3. The van der Waals surface area contributed by atoms with Gasteiger partial charge in [-0.05, 0) is 90.2 Å². The van der Waals surface area contributed by atoms with Gasteiger partial charge in [0.2, 0.25) is 5.91 Å². The summed E-state index contributed by atoms with van der Waals surface area (Å²) < 4.78 is 17.0. The predicted molar refractivity (Wildman–Crippen MR) is 177 cm³/mol. The van der Waals surface area contributed by atoms with Crippen LogP contribution in [-0.2, 0) is 10.2 Å². The number of likely N-dealkylation sites (tertiary alicyclic amines) is 1. The molecule has 0 radical (unpaired) electrons. The molecule has 0 spiro atoms. The highest BCUT2D eigenvalue weighted by Crippen LogP contribution is 2.48. The molecule has 46 heavy (non-hydrogen) atoms. The van der Waals surface area contributed by atoms with Crippen LogP contribution in [0.3, 0.4) is 0 Å². The highest BCUT2D eigenvalue weighted by Gasteiger charge is 2.50. The van der Waals surface area contributed by atoms with Crippen molar-refractivity contribution in [1.82, 2.24) is 29.7 Å². The van der Waals surface area contributed by atoms with E-state index in [0.717, 1.165) is 48.9 Å². The van der Waals surface area contributed by atoms with E-state index in [1.165, 1.54) is 32.4 Å². The first-order valence-corrected chi connectivity index (χ1v) is 16.3. The van der Waals surface area contributed by atoms with Crippen LogP contribution in [0.15, 0.2) is 42.9 Å². The number of halogens is 1. The summed E-state index contributed by atoms with van der Waals surface area (Å²) in [5.74, 6) is -0.482. The zero-order valence-corrected chi connectivity index (χ0v) is 27.1. The number of amides is 2. The van der Waals surface area contributed by atoms with Crippen LogP contribution in [0.5, 0.6) is 0 Å². The molecule has 2 N–H and O–H groups in total. The number of carbonyl (C=O) groups excluding carboxylic acids is 2. The maximum absolute atomic E-state index is 15.0. The molecular formula is C35H41FN8O2. The molecular weight excluding hydrogens is 583 g/mol.